The highest BCUT2D eigenvalue weighted by molar-refractivity contribution is 6.30. The molecule has 0 aliphatic heterocycles. The first-order chi connectivity index (χ1) is 12.6. The minimum Gasteiger partial charge on any atom is -0.462 e. The van der Waals surface area contributed by atoms with Crippen LogP contribution in [0.2, 0.25) is 5.02 Å². The van der Waals surface area contributed by atoms with Crippen LogP contribution in [0.1, 0.15) is 27.8 Å². The summed E-state index contributed by atoms with van der Waals surface area (Å²) in [6.07, 6.45) is 0. The van der Waals surface area contributed by atoms with E-state index in [1.54, 1.807) is 55.5 Å². The van der Waals surface area contributed by atoms with Crippen LogP contribution in [0.5, 0.6) is 0 Å². The van der Waals surface area contributed by atoms with Crippen molar-refractivity contribution in [3.05, 3.63) is 77.0 Å². The van der Waals surface area contributed by atoms with Gasteiger partial charge in [0.15, 0.2) is 5.76 Å². The first-order valence-electron chi connectivity index (χ1n) is 8.01. The van der Waals surface area contributed by atoms with Gasteiger partial charge >= 0.3 is 5.97 Å². The van der Waals surface area contributed by atoms with Gasteiger partial charge in [0, 0.05) is 16.3 Å². The van der Waals surface area contributed by atoms with Gasteiger partial charge in [0.25, 0.3) is 5.91 Å². The third kappa shape index (κ3) is 4.13. The van der Waals surface area contributed by atoms with Crippen molar-refractivity contribution in [2.75, 3.05) is 11.9 Å². The minimum absolute atomic E-state index is 0.175. The maximum absolute atomic E-state index is 12.3. The predicted molar refractivity (Wildman–Crippen MR) is 99.5 cm³/mol. The highest BCUT2D eigenvalue weighted by atomic mass is 35.5. The fourth-order valence-corrected chi connectivity index (χ4v) is 2.54. The van der Waals surface area contributed by atoms with Crippen molar-refractivity contribution in [2.24, 2.45) is 0 Å². The fourth-order valence-electron chi connectivity index (χ4n) is 2.35. The number of esters is 1. The molecule has 1 aromatic heterocycles. The third-order valence-corrected chi connectivity index (χ3v) is 3.83. The number of halogens is 1. The van der Waals surface area contributed by atoms with Crippen LogP contribution in [-0.2, 0) is 4.74 Å². The Kier molecular flexibility index (Phi) is 5.39. The highest BCUT2D eigenvalue weighted by Crippen LogP contribution is 2.25. The second kappa shape index (κ2) is 7.89. The number of anilines is 1. The molecule has 132 valence electrons. The normalized spacial score (nSPS) is 10.4. The number of rotatable bonds is 5. The number of nitrogens with one attached hydrogen (secondary N) is 1. The van der Waals surface area contributed by atoms with Crippen LogP contribution in [0.3, 0.4) is 0 Å². The molecule has 1 N–H and O–H groups in total. The number of furan rings is 1. The number of amides is 1. The van der Waals surface area contributed by atoms with Crippen LogP contribution in [-0.4, -0.2) is 18.5 Å². The smallest absolute Gasteiger partial charge is 0.338 e. The molecule has 3 aromatic rings. The zero-order valence-corrected chi connectivity index (χ0v) is 14.7. The lowest BCUT2D eigenvalue weighted by atomic mass is 10.2. The first-order valence-corrected chi connectivity index (χ1v) is 8.39. The molecule has 26 heavy (non-hydrogen) atoms. The largest absolute Gasteiger partial charge is 0.462 e. The Balaban J connectivity index is 1.70. The standard InChI is InChI=1S/C20H16ClNO4/c1-2-25-20(24)13-6-8-16(9-7-13)22-19(23)18-11-10-17(26-18)14-4-3-5-15(21)12-14/h3-12H,2H2,1H3,(H,22,23). The van der Waals surface area contributed by atoms with E-state index in [1.165, 1.54) is 0 Å². The van der Waals surface area contributed by atoms with E-state index in [0.29, 0.717) is 28.6 Å². The number of hydrogen-bond donors (Lipinski definition) is 1. The summed E-state index contributed by atoms with van der Waals surface area (Å²) in [4.78, 5) is 24.0. The Hall–Kier alpha value is -3.05. The molecule has 5 nitrogen and oxygen atoms in total. The van der Waals surface area contributed by atoms with E-state index < -0.39 is 5.97 Å². The molecular formula is C20H16ClNO4. The topological polar surface area (TPSA) is 68.5 Å². The van der Waals surface area contributed by atoms with E-state index in [1.807, 2.05) is 12.1 Å². The van der Waals surface area contributed by atoms with Gasteiger partial charge in [-0.3, -0.25) is 4.79 Å². The van der Waals surface area contributed by atoms with Crippen molar-refractivity contribution >= 4 is 29.2 Å². The summed E-state index contributed by atoms with van der Waals surface area (Å²) >= 11 is 5.97. The Bertz CT molecular complexity index is 931. The van der Waals surface area contributed by atoms with Gasteiger partial charge in [-0.25, -0.2) is 4.79 Å². The van der Waals surface area contributed by atoms with Crippen LogP contribution in [0.4, 0.5) is 5.69 Å². The first kappa shape index (κ1) is 17.8. The van der Waals surface area contributed by atoms with Crippen LogP contribution in [0.15, 0.2) is 65.1 Å². The predicted octanol–water partition coefficient (Wildman–Crippen LogP) is 5.03. The molecule has 0 radical (unpaired) electrons. The molecular weight excluding hydrogens is 354 g/mol. The molecule has 0 aliphatic carbocycles. The molecule has 0 spiro atoms. The minimum atomic E-state index is -0.400. The van der Waals surface area contributed by atoms with Gasteiger partial charge in [-0.2, -0.15) is 0 Å². The van der Waals surface area contributed by atoms with Gasteiger partial charge in [0.2, 0.25) is 0 Å². The molecule has 0 unspecified atom stereocenters. The van der Waals surface area contributed by atoms with E-state index in [0.717, 1.165) is 5.56 Å². The van der Waals surface area contributed by atoms with Crippen molar-refractivity contribution in [2.45, 2.75) is 6.92 Å². The lowest BCUT2D eigenvalue weighted by molar-refractivity contribution is 0.0526. The molecule has 0 bridgehead atoms. The summed E-state index contributed by atoms with van der Waals surface area (Å²) in [5.74, 6) is -0.0607. The van der Waals surface area contributed by atoms with Crippen molar-refractivity contribution in [1.82, 2.24) is 0 Å². The van der Waals surface area contributed by atoms with Gasteiger partial charge in [-0.1, -0.05) is 23.7 Å². The summed E-state index contributed by atoms with van der Waals surface area (Å²) in [6.45, 7) is 2.05. The van der Waals surface area contributed by atoms with Crippen molar-refractivity contribution in [3.8, 4) is 11.3 Å². The maximum atomic E-state index is 12.3. The van der Waals surface area contributed by atoms with Crippen LogP contribution in [0.25, 0.3) is 11.3 Å². The van der Waals surface area contributed by atoms with E-state index in [-0.39, 0.29) is 11.7 Å². The highest BCUT2D eigenvalue weighted by Gasteiger charge is 2.13. The summed E-state index contributed by atoms with van der Waals surface area (Å²) in [7, 11) is 0. The molecule has 6 heteroatoms. The maximum Gasteiger partial charge on any atom is 0.338 e. The molecule has 0 aliphatic rings. The van der Waals surface area contributed by atoms with E-state index >= 15 is 0 Å². The number of hydrogen-bond acceptors (Lipinski definition) is 4. The summed E-state index contributed by atoms with van der Waals surface area (Å²) in [5, 5.41) is 3.31. The van der Waals surface area contributed by atoms with Gasteiger partial charge in [-0.05, 0) is 55.5 Å². The molecule has 1 amide bonds. The van der Waals surface area contributed by atoms with E-state index in [4.69, 9.17) is 20.8 Å². The lowest BCUT2D eigenvalue weighted by Crippen LogP contribution is -2.11. The van der Waals surface area contributed by atoms with Gasteiger partial charge in [0.05, 0.1) is 12.2 Å². The van der Waals surface area contributed by atoms with Gasteiger partial charge in [0.1, 0.15) is 5.76 Å². The van der Waals surface area contributed by atoms with Crippen LogP contribution < -0.4 is 5.32 Å². The van der Waals surface area contributed by atoms with Crippen molar-refractivity contribution in [1.29, 1.82) is 0 Å². The van der Waals surface area contributed by atoms with Crippen LogP contribution >= 0.6 is 11.6 Å². The van der Waals surface area contributed by atoms with Crippen LogP contribution in [0, 0.1) is 0 Å². The summed E-state index contributed by atoms with van der Waals surface area (Å²) < 4.78 is 10.5. The fraction of sp³-hybridized carbons (Fsp3) is 0.100. The Morgan fingerprint density at radius 1 is 1.08 bits per heavy atom. The van der Waals surface area contributed by atoms with Gasteiger partial charge < -0.3 is 14.5 Å². The zero-order valence-electron chi connectivity index (χ0n) is 14.0. The molecule has 0 fully saturated rings. The molecule has 1 heterocycles. The Labute approximate surface area is 155 Å². The molecule has 0 saturated carbocycles. The Morgan fingerprint density at radius 3 is 2.54 bits per heavy atom. The SMILES string of the molecule is CCOC(=O)c1ccc(NC(=O)c2ccc(-c3cccc(Cl)c3)o2)cc1. The summed E-state index contributed by atoms with van der Waals surface area (Å²) in [5.41, 5.74) is 1.75. The average molecular weight is 370 g/mol. The molecule has 2 aromatic carbocycles. The second-order valence-electron chi connectivity index (χ2n) is 5.43. The molecule has 0 atom stereocenters. The third-order valence-electron chi connectivity index (χ3n) is 3.59. The average Bonchev–Trinajstić information content (AvgIpc) is 3.13. The van der Waals surface area contributed by atoms with E-state index in [2.05, 4.69) is 5.32 Å². The quantitative estimate of drug-likeness (QED) is 0.640. The summed E-state index contributed by atoms with van der Waals surface area (Å²) in [6, 6.07) is 16.9. The number of carbonyl (C=O) groups excluding carboxylic acids is 2. The zero-order chi connectivity index (χ0) is 18.5. The van der Waals surface area contributed by atoms with Gasteiger partial charge in [-0.15, -0.1) is 0 Å². The molecule has 3 rings (SSSR count). The van der Waals surface area contributed by atoms with Crippen molar-refractivity contribution in [3.63, 3.8) is 0 Å². The number of carbonyl (C=O) groups is 2. The lowest BCUT2D eigenvalue weighted by Gasteiger charge is -2.05. The second-order valence-corrected chi connectivity index (χ2v) is 5.86. The number of benzene rings is 2. The number of ether oxygens (including phenoxy) is 1. The molecule has 0 saturated heterocycles. The monoisotopic (exact) mass is 369 g/mol. The van der Waals surface area contributed by atoms with Crippen molar-refractivity contribution < 1.29 is 18.7 Å². The Morgan fingerprint density at radius 2 is 1.85 bits per heavy atom. The van der Waals surface area contributed by atoms with E-state index in [9.17, 15) is 9.59 Å².